The standard InChI is InChI=1S/C20H26N2O/c1-17-7-6-10-19(21-17)11-14-22-15-12-20(23-2,13-16-22)18-8-4-3-5-9-18/h3-10H,11-16H2,1-2H3. The number of nitrogens with zero attached hydrogens (tertiary/aromatic N) is 2. The Morgan fingerprint density at radius 1 is 1.04 bits per heavy atom. The lowest BCUT2D eigenvalue weighted by Crippen LogP contribution is -2.44. The smallest absolute Gasteiger partial charge is 0.0951 e. The summed E-state index contributed by atoms with van der Waals surface area (Å²) in [5.74, 6) is 0. The van der Waals surface area contributed by atoms with Crippen molar-refractivity contribution in [2.45, 2.75) is 31.8 Å². The number of piperidine rings is 1. The second-order valence-corrected chi connectivity index (χ2v) is 6.43. The predicted octanol–water partition coefficient (Wildman–Crippen LogP) is 3.57. The lowest BCUT2D eigenvalue weighted by molar-refractivity contribution is -0.0622. The zero-order valence-corrected chi connectivity index (χ0v) is 14.2. The highest BCUT2D eigenvalue weighted by atomic mass is 16.5. The summed E-state index contributed by atoms with van der Waals surface area (Å²) in [6.45, 7) is 5.28. The van der Waals surface area contributed by atoms with Crippen LogP contribution in [0, 0.1) is 6.92 Å². The van der Waals surface area contributed by atoms with E-state index in [0.29, 0.717) is 0 Å². The van der Waals surface area contributed by atoms with Gasteiger partial charge in [0.2, 0.25) is 0 Å². The van der Waals surface area contributed by atoms with Gasteiger partial charge < -0.3 is 9.64 Å². The molecule has 2 heterocycles. The summed E-state index contributed by atoms with van der Waals surface area (Å²) in [5.41, 5.74) is 3.49. The fourth-order valence-corrected chi connectivity index (χ4v) is 3.50. The van der Waals surface area contributed by atoms with Gasteiger partial charge in [-0.05, 0) is 37.5 Å². The van der Waals surface area contributed by atoms with Crippen molar-refractivity contribution in [3.05, 3.63) is 65.5 Å². The zero-order chi connectivity index (χ0) is 16.1. The van der Waals surface area contributed by atoms with E-state index in [1.54, 1.807) is 0 Å². The Labute approximate surface area is 139 Å². The average molecular weight is 310 g/mol. The molecule has 0 radical (unpaired) electrons. The van der Waals surface area contributed by atoms with Gasteiger partial charge in [0.1, 0.15) is 0 Å². The van der Waals surface area contributed by atoms with Crippen LogP contribution in [0.15, 0.2) is 48.5 Å². The van der Waals surface area contributed by atoms with Gasteiger partial charge in [-0.1, -0.05) is 36.4 Å². The SMILES string of the molecule is COC1(c2ccccc2)CCN(CCc2cccc(C)n2)CC1. The summed E-state index contributed by atoms with van der Waals surface area (Å²) < 4.78 is 5.95. The number of ether oxygens (including phenoxy) is 1. The minimum atomic E-state index is -0.112. The van der Waals surface area contributed by atoms with Crippen LogP contribution in [-0.2, 0) is 16.8 Å². The van der Waals surface area contributed by atoms with Gasteiger partial charge >= 0.3 is 0 Å². The third-order valence-electron chi connectivity index (χ3n) is 4.98. The number of rotatable bonds is 5. The molecule has 1 aromatic heterocycles. The van der Waals surface area contributed by atoms with E-state index in [9.17, 15) is 0 Å². The van der Waals surface area contributed by atoms with Crippen molar-refractivity contribution >= 4 is 0 Å². The van der Waals surface area contributed by atoms with Crippen LogP contribution in [0.25, 0.3) is 0 Å². The fraction of sp³-hybridized carbons (Fsp3) is 0.450. The van der Waals surface area contributed by atoms with E-state index in [-0.39, 0.29) is 5.60 Å². The van der Waals surface area contributed by atoms with Crippen LogP contribution in [0.1, 0.15) is 29.8 Å². The first-order valence-electron chi connectivity index (χ1n) is 8.47. The first kappa shape index (κ1) is 16.2. The average Bonchev–Trinajstić information content (AvgIpc) is 2.61. The number of aryl methyl sites for hydroxylation is 1. The summed E-state index contributed by atoms with van der Waals surface area (Å²) in [4.78, 5) is 7.13. The van der Waals surface area contributed by atoms with Crippen LogP contribution in [0.5, 0.6) is 0 Å². The molecule has 1 saturated heterocycles. The van der Waals surface area contributed by atoms with E-state index in [4.69, 9.17) is 4.74 Å². The van der Waals surface area contributed by atoms with Crippen LogP contribution < -0.4 is 0 Å². The lowest BCUT2D eigenvalue weighted by Gasteiger charge is -2.41. The molecule has 0 atom stereocenters. The molecule has 3 rings (SSSR count). The molecule has 0 bridgehead atoms. The van der Waals surface area contributed by atoms with Gasteiger partial charge in [-0.15, -0.1) is 0 Å². The molecule has 1 aliphatic heterocycles. The van der Waals surface area contributed by atoms with Crippen LogP contribution in [0.2, 0.25) is 0 Å². The number of methoxy groups -OCH3 is 1. The maximum absolute atomic E-state index is 5.95. The molecule has 0 amide bonds. The molecule has 0 aliphatic carbocycles. The number of aromatic nitrogens is 1. The van der Waals surface area contributed by atoms with Gasteiger partial charge in [-0.3, -0.25) is 4.98 Å². The Balaban J connectivity index is 1.57. The molecule has 1 fully saturated rings. The Morgan fingerprint density at radius 2 is 1.78 bits per heavy atom. The topological polar surface area (TPSA) is 25.4 Å². The Bertz CT molecular complexity index is 619. The summed E-state index contributed by atoms with van der Waals surface area (Å²) in [6, 6.07) is 16.9. The minimum Gasteiger partial charge on any atom is -0.373 e. The van der Waals surface area contributed by atoms with E-state index in [0.717, 1.165) is 44.6 Å². The van der Waals surface area contributed by atoms with E-state index >= 15 is 0 Å². The maximum Gasteiger partial charge on any atom is 0.0951 e. The Morgan fingerprint density at radius 3 is 2.43 bits per heavy atom. The van der Waals surface area contributed by atoms with Crippen LogP contribution >= 0.6 is 0 Å². The minimum absolute atomic E-state index is 0.112. The first-order valence-corrected chi connectivity index (χ1v) is 8.47. The molecule has 122 valence electrons. The quantitative estimate of drug-likeness (QED) is 0.844. The van der Waals surface area contributed by atoms with Crippen molar-refractivity contribution in [3.8, 4) is 0 Å². The number of pyridine rings is 1. The second-order valence-electron chi connectivity index (χ2n) is 6.43. The summed E-state index contributed by atoms with van der Waals surface area (Å²) >= 11 is 0. The molecule has 1 aliphatic rings. The number of hydrogen-bond donors (Lipinski definition) is 0. The Hall–Kier alpha value is -1.71. The van der Waals surface area contributed by atoms with Crippen LogP contribution in [0.3, 0.4) is 0 Å². The van der Waals surface area contributed by atoms with Crippen molar-refractivity contribution in [1.82, 2.24) is 9.88 Å². The highest BCUT2D eigenvalue weighted by molar-refractivity contribution is 5.23. The van der Waals surface area contributed by atoms with Crippen molar-refractivity contribution in [3.63, 3.8) is 0 Å². The van der Waals surface area contributed by atoms with E-state index in [1.807, 2.05) is 7.11 Å². The third kappa shape index (κ3) is 3.80. The molecule has 0 saturated carbocycles. The van der Waals surface area contributed by atoms with Gasteiger partial charge in [0, 0.05) is 44.6 Å². The molecule has 0 N–H and O–H groups in total. The van der Waals surface area contributed by atoms with Crippen molar-refractivity contribution in [1.29, 1.82) is 0 Å². The van der Waals surface area contributed by atoms with Gasteiger partial charge in [-0.2, -0.15) is 0 Å². The number of benzene rings is 1. The number of hydrogen-bond acceptors (Lipinski definition) is 3. The van der Waals surface area contributed by atoms with Crippen molar-refractivity contribution in [2.75, 3.05) is 26.7 Å². The maximum atomic E-state index is 5.95. The van der Waals surface area contributed by atoms with Crippen molar-refractivity contribution in [2.24, 2.45) is 0 Å². The molecule has 0 spiro atoms. The van der Waals surface area contributed by atoms with E-state index in [2.05, 4.69) is 65.3 Å². The summed E-state index contributed by atoms with van der Waals surface area (Å²) in [5, 5.41) is 0. The molecular formula is C20H26N2O. The highest BCUT2D eigenvalue weighted by Gasteiger charge is 2.35. The molecular weight excluding hydrogens is 284 g/mol. The van der Waals surface area contributed by atoms with Crippen LogP contribution in [0.4, 0.5) is 0 Å². The van der Waals surface area contributed by atoms with Gasteiger partial charge in [0.05, 0.1) is 5.60 Å². The number of likely N-dealkylation sites (tertiary alicyclic amines) is 1. The predicted molar refractivity (Wildman–Crippen MR) is 93.5 cm³/mol. The molecule has 0 unspecified atom stereocenters. The normalized spacial score (nSPS) is 18.0. The highest BCUT2D eigenvalue weighted by Crippen LogP contribution is 2.36. The monoisotopic (exact) mass is 310 g/mol. The van der Waals surface area contributed by atoms with Gasteiger partial charge in [-0.25, -0.2) is 0 Å². The molecule has 3 heteroatoms. The lowest BCUT2D eigenvalue weighted by atomic mass is 9.84. The first-order chi connectivity index (χ1) is 11.2. The molecule has 2 aromatic rings. The second kappa shape index (κ2) is 7.24. The Kier molecular flexibility index (Phi) is 5.09. The fourth-order valence-electron chi connectivity index (χ4n) is 3.50. The van der Waals surface area contributed by atoms with E-state index in [1.165, 1.54) is 11.3 Å². The zero-order valence-electron chi connectivity index (χ0n) is 14.2. The van der Waals surface area contributed by atoms with E-state index < -0.39 is 0 Å². The molecule has 1 aromatic carbocycles. The third-order valence-corrected chi connectivity index (χ3v) is 4.98. The summed E-state index contributed by atoms with van der Waals surface area (Å²) in [7, 11) is 1.85. The van der Waals surface area contributed by atoms with Gasteiger partial charge in [0.25, 0.3) is 0 Å². The molecule has 3 nitrogen and oxygen atoms in total. The van der Waals surface area contributed by atoms with Gasteiger partial charge in [0.15, 0.2) is 0 Å². The van der Waals surface area contributed by atoms with Crippen molar-refractivity contribution < 1.29 is 4.74 Å². The molecule has 23 heavy (non-hydrogen) atoms. The van der Waals surface area contributed by atoms with Crippen LogP contribution in [-0.4, -0.2) is 36.6 Å². The largest absolute Gasteiger partial charge is 0.373 e. The summed E-state index contributed by atoms with van der Waals surface area (Å²) in [6.07, 6.45) is 3.12.